The molecule has 2 aliphatic carbocycles. The molecule has 92 valence electrons. The number of rotatable bonds is 4. The van der Waals surface area contributed by atoms with Crippen LogP contribution in [-0.4, -0.2) is 7.05 Å². The number of nitrogens with one attached hydrogen (secondary N) is 1. The lowest BCUT2D eigenvalue weighted by Gasteiger charge is -2.27. The van der Waals surface area contributed by atoms with Crippen LogP contribution in [0.5, 0.6) is 0 Å². The highest BCUT2D eigenvalue weighted by molar-refractivity contribution is 5.30. The number of benzene rings is 1. The van der Waals surface area contributed by atoms with Crippen LogP contribution in [-0.2, 0) is 0 Å². The highest BCUT2D eigenvalue weighted by atomic mass is 14.9. The van der Waals surface area contributed by atoms with Crippen LogP contribution in [0.1, 0.15) is 62.1 Å². The Kier molecular flexibility index (Phi) is 2.74. The van der Waals surface area contributed by atoms with Gasteiger partial charge >= 0.3 is 0 Å². The molecule has 0 radical (unpaired) electrons. The zero-order chi connectivity index (χ0) is 11.9. The molecule has 1 heteroatoms. The van der Waals surface area contributed by atoms with Crippen molar-refractivity contribution in [3.05, 3.63) is 35.4 Å². The van der Waals surface area contributed by atoms with Crippen molar-refractivity contribution in [3.8, 4) is 0 Å². The molecule has 1 N–H and O–H groups in total. The van der Waals surface area contributed by atoms with Gasteiger partial charge in [0.25, 0.3) is 0 Å². The third kappa shape index (κ3) is 2.01. The summed E-state index contributed by atoms with van der Waals surface area (Å²) in [7, 11) is 2.09. The van der Waals surface area contributed by atoms with Gasteiger partial charge in [0.2, 0.25) is 0 Å². The van der Waals surface area contributed by atoms with Gasteiger partial charge in [-0.05, 0) is 55.2 Å². The molecule has 2 aliphatic rings. The summed E-state index contributed by atoms with van der Waals surface area (Å²) in [4.78, 5) is 0. The molecule has 1 atom stereocenters. The minimum Gasteiger partial charge on any atom is -0.313 e. The molecule has 1 aromatic carbocycles. The molecule has 0 bridgehead atoms. The van der Waals surface area contributed by atoms with Gasteiger partial charge in [0.15, 0.2) is 0 Å². The molecule has 2 saturated carbocycles. The monoisotopic (exact) mass is 229 g/mol. The van der Waals surface area contributed by atoms with E-state index in [1.165, 1.54) is 37.7 Å². The molecule has 0 spiro atoms. The van der Waals surface area contributed by atoms with E-state index < -0.39 is 0 Å². The fourth-order valence-electron chi connectivity index (χ4n) is 3.11. The Morgan fingerprint density at radius 1 is 1.18 bits per heavy atom. The summed E-state index contributed by atoms with van der Waals surface area (Å²) in [6.07, 6.45) is 6.94. The summed E-state index contributed by atoms with van der Waals surface area (Å²) >= 11 is 0. The van der Waals surface area contributed by atoms with Crippen LogP contribution in [0.25, 0.3) is 0 Å². The minimum absolute atomic E-state index is 0.507. The summed E-state index contributed by atoms with van der Waals surface area (Å²) in [6, 6.07) is 9.94. The minimum atomic E-state index is 0.507. The maximum atomic E-state index is 3.50. The highest BCUT2D eigenvalue weighted by Gasteiger charge is 2.44. The molecule has 0 saturated heterocycles. The molecule has 0 aliphatic heterocycles. The Labute approximate surface area is 105 Å². The maximum Gasteiger partial charge on any atom is 0.0372 e. The van der Waals surface area contributed by atoms with Gasteiger partial charge in [0, 0.05) is 6.04 Å². The number of hydrogen-bond donors (Lipinski definition) is 1. The Morgan fingerprint density at radius 2 is 1.82 bits per heavy atom. The van der Waals surface area contributed by atoms with Gasteiger partial charge in [-0.1, -0.05) is 37.6 Å². The molecule has 1 unspecified atom stereocenters. The maximum absolute atomic E-state index is 3.50. The molecule has 3 rings (SSSR count). The van der Waals surface area contributed by atoms with Crippen LogP contribution in [0.2, 0.25) is 0 Å². The van der Waals surface area contributed by atoms with E-state index in [4.69, 9.17) is 0 Å². The predicted molar refractivity (Wildman–Crippen MR) is 72.2 cm³/mol. The third-order valence-electron chi connectivity index (χ3n) is 4.87. The van der Waals surface area contributed by atoms with E-state index in [0.717, 1.165) is 5.92 Å². The Bertz CT molecular complexity index is 384. The molecule has 17 heavy (non-hydrogen) atoms. The molecule has 2 fully saturated rings. The molecule has 0 heterocycles. The summed E-state index contributed by atoms with van der Waals surface area (Å²) in [6.45, 7) is 2.40. The largest absolute Gasteiger partial charge is 0.313 e. The van der Waals surface area contributed by atoms with Crippen LogP contribution in [0.15, 0.2) is 24.3 Å². The molecular formula is C16H23N. The first-order valence-corrected chi connectivity index (χ1v) is 7.00. The molecule has 1 nitrogen and oxygen atoms in total. The standard InChI is InChI=1S/C16H23N/c1-16(10-11-16)15(17-2)14-8-6-13(7-9-14)12-4-3-5-12/h6-9,12,15,17H,3-5,10-11H2,1-2H3. The van der Waals surface area contributed by atoms with E-state index >= 15 is 0 Å². The zero-order valence-electron chi connectivity index (χ0n) is 11.0. The Balaban J connectivity index is 1.78. The highest BCUT2D eigenvalue weighted by Crippen LogP contribution is 2.54. The van der Waals surface area contributed by atoms with Crippen molar-refractivity contribution < 1.29 is 0 Å². The van der Waals surface area contributed by atoms with E-state index in [1.54, 1.807) is 5.56 Å². The van der Waals surface area contributed by atoms with Crippen molar-refractivity contribution in [3.63, 3.8) is 0 Å². The van der Waals surface area contributed by atoms with Crippen molar-refractivity contribution in [1.29, 1.82) is 0 Å². The fourth-order valence-corrected chi connectivity index (χ4v) is 3.11. The third-order valence-corrected chi connectivity index (χ3v) is 4.87. The van der Waals surface area contributed by atoms with E-state index in [0.29, 0.717) is 11.5 Å². The van der Waals surface area contributed by atoms with Crippen molar-refractivity contribution >= 4 is 0 Å². The van der Waals surface area contributed by atoms with Crippen LogP contribution in [0, 0.1) is 5.41 Å². The first-order chi connectivity index (χ1) is 8.23. The second-order valence-corrected chi connectivity index (χ2v) is 6.17. The molecule has 1 aromatic rings. The Morgan fingerprint density at radius 3 is 2.24 bits per heavy atom. The fraction of sp³-hybridized carbons (Fsp3) is 0.625. The predicted octanol–water partition coefficient (Wildman–Crippen LogP) is 4.01. The molecular weight excluding hydrogens is 206 g/mol. The SMILES string of the molecule is CNC(c1ccc(C2CCC2)cc1)C1(C)CC1. The van der Waals surface area contributed by atoms with Gasteiger partial charge in [-0.15, -0.1) is 0 Å². The lowest BCUT2D eigenvalue weighted by atomic mass is 9.79. The van der Waals surface area contributed by atoms with Crippen LogP contribution >= 0.6 is 0 Å². The lowest BCUT2D eigenvalue weighted by molar-refractivity contribution is 0.389. The smallest absolute Gasteiger partial charge is 0.0372 e. The summed E-state index contributed by atoms with van der Waals surface area (Å²) in [5.74, 6) is 0.855. The summed E-state index contributed by atoms with van der Waals surface area (Å²) < 4.78 is 0. The van der Waals surface area contributed by atoms with E-state index in [-0.39, 0.29) is 0 Å². The van der Waals surface area contributed by atoms with Gasteiger partial charge in [0.1, 0.15) is 0 Å². The van der Waals surface area contributed by atoms with Crippen LogP contribution < -0.4 is 5.32 Å². The first-order valence-electron chi connectivity index (χ1n) is 7.00. The van der Waals surface area contributed by atoms with Crippen molar-refractivity contribution in [2.24, 2.45) is 5.41 Å². The van der Waals surface area contributed by atoms with E-state index in [9.17, 15) is 0 Å². The van der Waals surface area contributed by atoms with Crippen molar-refractivity contribution in [2.75, 3.05) is 7.05 Å². The van der Waals surface area contributed by atoms with Crippen molar-refractivity contribution in [2.45, 2.75) is 51.0 Å². The second-order valence-electron chi connectivity index (χ2n) is 6.17. The zero-order valence-corrected chi connectivity index (χ0v) is 11.0. The first kappa shape index (κ1) is 11.3. The average molecular weight is 229 g/mol. The topological polar surface area (TPSA) is 12.0 Å². The van der Waals surface area contributed by atoms with Gasteiger partial charge in [-0.25, -0.2) is 0 Å². The normalized spacial score (nSPS) is 24.1. The molecule has 0 aromatic heterocycles. The lowest BCUT2D eigenvalue weighted by Crippen LogP contribution is -2.24. The number of hydrogen-bond acceptors (Lipinski definition) is 1. The van der Waals surface area contributed by atoms with Crippen molar-refractivity contribution in [1.82, 2.24) is 5.32 Å². The van der Waals surface area contributed by atoms with Crippen LogP contribution in [0.4, 0.5) is 0 Å². The summed E-state index contributed by atoms with van der Waals surface area (Å²) in [5.41, 5.74) is 3.53. The van der Waals surface area contributed by atoms with Gasteiger partial charge in [0.05, 0.1) is 0 Å². The Hall–Kier alpha value is -0.820. The molecule has 0 amide bonds. The second kappa shape index (κ2) is 4.13. The summed E-state index contributed by atoms with van der Waals surface area (Å²) in [5, 5.41) is 3.50. The van der Waals surface area contributed by atoms with Gasteiger partial charge < -0.3 is 5.32 Å². The van der Waals surface area contributed by atoms with E-state index in [2.05, 4.69) is 43.6 Å². The quantitative estimate of drug-likeness (QED) is 0.822. The van der Waals surface area contributed by atoms with E-state index in [1.807, 2.05) is 0 Å². The average Bonchev–Trinajstić information content (AvgIpc) is 2.98. The van der Waals surface area contributed by atoms with Crippen LogP contribution in [0.3, 0.4) is 0 Å². The van der Waals surface area contributed by atoms with Gasteiger partial charge in [-0.3, -0.25) is 0 Å². The van der Waals surface area contributed by atoms with Gasteiger partial charge in [-0.2, -0.15) is 0 Å².